The Kier molecular flexibility index (Phi) is 3.76. The van der Waals surface area contributed by atoms with Gasteiger partial charge in [0.1, 0.15) is 17.2 Å². The SMILES string of the molecule is COc1cc(-c2nn(C)cc2CN)c(OC)cc1C. The van der Waals surface area contributed by atoms with Crippen molar-refractivity contribution in [1.82, 2.24) is 9.78 Å². The Morgan fingerprint density at radius 2 is 1.89 bits per heavy atom. The molecule has 0 aliphatic heterocycles. The number of hydrogen-bond donors (Lipinski definition) is 1. The highest BCUT2D eigenvalue weighted by molar-refractivity contribution is 5.72. The van der Waals surface area contributed by atoms with E-state index in [1.807, 2.05) is 32.3 Å². The molecule has 0 fully saturated rings. The van der Waals surface area contributed by atoms with Gasteiger partial charge in [0, 0.05) is 30.9 Å². The van der Waals surface area contributed by atoms with Crippen LogP contribution in [0.4, 0.5) is 0 Å². The molecule has 5 heteroatoms. The molecule has 0 aliphatic rings. The van der Waals surface area contributed by atoms with Gasteiger partial charge < -0.3 is 15.2 Å². The molecule has 0 bridgehead atoms. The first kappa shape index (κ1) is 13.4. The maximum Gasteiger partial charge on any atom is 0.128 e. The highest BCUT2D eigenvalue weighted by atomic mass is 16.5. The molecule has 102 valence electrons. The maximum atomic E-state index is 5.77. The van der Waals surface area contributed by atoms with Gasteiger partial charge in [0.15, 0.2) is 0 Å². The molecule has 1 heterocycles. The molecule has 0 saturated carbocycles. The predicted octanol–water partition coefficient (Wildman–Crippen LogP) is 1.87. The van der Waals surface area contributed by atoms with Crippen molar-refractivity contribution >= 4 is 0 Å². The van der Waals surface area contributed by atoms with Crippen LogP contribution in [0, 0.1) is 6.92 Å². The second-order valence-corrected chi connectivity index (χ2v) is 4.40. The van der Waals surface area contributed by atoms with Gasteiger partial charge in [-0.15, -0.1) is 0 Å². The molecule has 1 aromatic carbocycles. The summed E-state index contributed by atoms with van der Waals surface area (Å²) >= 11 is 0. The van der Waals surface area contributed by atoms with Crippen molar-refractivity contribution < 1.29 is 9.47 Å². The van der Waals surface area contributed by atoms with Crippen LogP contribution in [-0.4, -0.2) is 24.0 Å². The Bertz CT molecular complexity index is 591. The molecule has 2 rings (SSSR count). The fourth-order valence-electron chi connectivity index (χ4n) is 2.15. The van der Waals surface area contributed by atoms with E-state index in [0.717, 1.165) is 33.9 Å². The van der Waals surface area contributed by atoms with Gasteiger partial charge in [0.25, 0.3) is 0 Å². The Morgan fingerprint density at radius 3 is 2.47 bits per heavy atom. The van der Waals surface area contributed by atoms with Gasteiger partial charge >= 0.3 is 0 Å². The summed E-state index contributed by atoms with van der Waals surface area (Å²) < 4.78 is 12.6. The summed E-state index contributed by atoms with van der Waals surface area (Å²) in [4.78, 5) is 0. The molecule has 0 radical (unpaired) electrons. The first-order valence-corrected chi connectivity index (χ1v) is 6.06. The van der Waals surface area contributed by atoms with E-state index in [4.69, 9.17) is 15.2 Å². The largest absolute Gasteiger partial charge is 0.496 e. The first-order valence-electron chi connectivity index (χ1n) is 6.06. The second-order valence-electron chi connectivity index (χ2n) is 4.40. The molecule has 0 aliphatic carbocycles. The summed E-state index contributed by atoms with van der Waals surface area (Å²) in [6.07, 6.45) is 1.92. The molecule has 5 nitrogen and oxygen atoms in total. The Labute approximate surface area is 112 Å². The Hall–Kier alpha value is -2.01. The molecule has 0 atom stereocenters. The van der Waals surface area contributed by atoms with Crippen LogP contribution in [0.25, 0.3) is 11.3 Å². The normalized spacial score (nSPS) is 10.6. The number of methoxy groups -OCH3 is 2. The van der Waals surface area contributed by atoms with Gasteiger partial charge in [0.2, 0.25) is 0 Å². The zero-order chi connectivity index (χ0) is 14.0. The highest BCUT2D eigenvalue weighted by Crippen LogP contribution is 2.36. The number of aromatic nitrogens is 2. The molecule has 2 aromatic rings. The van der Waals surface area contributed by atoms with Gasteiger partial charge in [-0.3, -0.25) is 4.68 Å². The third-order valence-corrected chi connectivity index (χ3v) is 3.10. The van der Waals surface area contributed by atoms with Crippen LogP contribution in [0.15, 0.2) is 18.3 Å². The number of hydrogen-bond acceptors (Lipinski definition) is 4. The van der Waals surface area contributed by atoms with E-state index in [-0.39, 0.29) is 0 Å². The van der Waals surface area contributed by atoms with Crippen LogP contribution in [0.2, 0.25) is 0 Å². The van der Waals surface area contributed by atoms with Crippen LogP contribution < -0.4 is 15.2 Å². The molecule has 0 amide bonds. The number of nitrogens with two attached hydrogens (primary N) is 1. The molecule has 0 spiro atoms. The Morgan fingerprint density at radius 1 is 1.21 bits per heavy atom. The quantitative estimate of drug-likeness (QED) is 0.912. The fraction of sp³-hybridized carbons (Fsp3) is 0.357. The number of nitrogens with zero attached hydrogens (tertiary/aromatic N) is 2. The van der Waals surface area contributed by atoms with Crippen LogP contribution >= 0.6 is 0 Å². The summed E-state index contributed by atoms with van der Waals surface area (Å²) in [5.41, 5.74) is 9.50. The van der Waals surface area contributed by atoms with Crippen molar-refractivity contribution in [1.29, 1.82) is 0 Å². The maximum absolute atomic E-state index is 5.77. The summed E-state index contributed by atoms with van der Waals surface area (Å²) in [5.74, 6) is 1.58. The minimum absolute atomic E-state index is 0.433. The van der Waals surface area contributed by atoms with E-state index in [0.29, 0.717) is 6.54 Å². The zero-order valence-corrected chi connectivity index (χ0v) is 11.7. The van der Waals surface area contributed by atoms with E-state index < -0.39 is 0 Å². The molecule has 0 saturated heterocycles. The van der Waals surface area contributed by atoms with Gasteiger partial charge in [-0.1, -0.05) is 0 Å². The highest BCUT2D eigenvalue weighted by Gasteiger charge is 2.16. The minimum Gasteiger partial charge on any atom is -0.496 e. The molecule has 0 unspecified atom stereocenters. The standard InChI is InChI=1S/C14H19N3O2/c1-9-5-13(19-4)11(6-12(9)18-3)14-10(7-15)8-17(2)16-14/h5-6,8H,7,15H2,1-4H3. The number of aryl methyl sites for hydroxylation is 2. The van der Waals surface area contributed by atoms with Crippen molar-refractivity contribution in [2.75, 3.05) is 14.2 Å². The predicted molar refractivity (Wildman–Crippen MR) is 74.4 cm³/mol. The third-order valence-electron chi connectivity index (χ3n) is 3.10. The van der Waals surface area contributed by atoms with Gasteiger partial charge in [0.05, 0.1) is 14.2 Å². The van der Waals surface area contributed by atoms with Crippen LogP contribution in [0.3, 0.4) is 0 Å². The molecular weight excluding hydrogens is 242 g/mol. The summed E-state index contributed by atoms with van der Waals surface area (Å²) in [5, 5.41) is 4.47. The minimum atomic E-state index is 0.433. The lowest BCUT2D eigenvalue weighted by atomic mass is 10.0. The van der Waals surface area contributed by atoms with Crippen molar-refractivity contribution in [2.24, 2.45) is 12.8 Å². The monoisotopic (exact) mass is 261 g/mol. The average Bonchev–Trinajstić information content (AvgIpc) is 2.79. The van der Waals surface area contributed by atoms with E-state index in [2.05, 4.69) is 5.10 Å². The number of rotatable bonds is 4. The van der Waals surface area contributed by atoms with Crippen LogP contribution in [0.1, 0.15) is 11.1 Å². The van der Waals surface area contributed by atoms with Gasteiger partial charge in [-0.2, -0.15) is 5.10 Å². The van der Waals surface area contributed by atoms with E-state index in [9.17, 15) is 0 Å². The van der Waals surface area contributed by atoms with Crippen LogP contribution in [0.5, 0.6) is 11.5 Å². The summed E-state index contributed by atoms with van der Waals surface area (Å²) in [7, 11) is 5.18. The first-order chi connectivity index (χ1) is 9.10. The fourth-order valence-corrected chi connectivity index (χ4v) is 2.15. The van der Waals surface area contributed by atoms with Crippen LogP contribution in [-0.2, 0) is 13.6 Å². The third kappa shape index (κ3) is 2.42. The molecule has 19 heavy (non-hydrogen) atoms. The smallest absolute Gasteiger partial charge is 0.128 e. The second kappa shape index (κ2) is 5.32. The molecule has 2 N–H and O–H groups in total. The van der Waals surface area contributed by atoms with Crippen molar-refractivity contribution in [3.63, 3.8) is 0 Å². The Balaban J connectivity index is 2.65. The topological polar surface area (TPSA) is 62.3 Å². The summed E-state index contributed by atoms with van der Waals surface area (Å²) in [6, 6.07) is 3.89. The van der Waals surface area contributed by atoms with Gasteiger partial charge in [-0.25, -0.2) is 0 Å². The lowest BCUT2D eigenvalue weighted by Gasteiger charge is -2.12. The molecule has 1 aromatic heterocycles. The lowest BCUT2D eigenvalue weighted by Crippen LogP contribution is -1.99. The van der Waals surface area contributed by atoms with Crippen molar-refractivity contribution in [2.45, 2.75) is 13.5 Å². The molecular formula is C14H19N3O2. The number of ether oxygens (including phenoxy) is 2. The van der Waals surface area contributed by atoms with E-state index in [1.54, 1.807) is 18.9 Å². The van der Waals surface area contributed by atoms with Crippen molar-refractivity contribution in [3.05, 3.63) is 29.5 Å². The zero-order valence-electron chi connectivity index (χ0n) is 11.7. The average molecular weight is 261 g/mol. The summed E-state index contributed by atoms with van der Waals surface area (Å²) in [6.45, 7) is 2.41. The van der Waals surface area contributed by atoms with Crippen molar-refractivity contribution in [3.8, 4) is 22.8 Å². The number of benzene rings is 1. The van der Waals surface area contributed by atoms with Gasteiger partial charge in [-0.05, 0) is 24.6 Å². The van der Waals surface area contributed by atoms with E-state index >= 15 is 0 Å². The lowest BCUT2D eigenvalue weighted by molar-refractivity contribution is 0.401. The van der Waals surface area contributed by atoms with E-state index in [1.165, 1.54) is 0 Å².